The molecule has 23 heteroatoms. The maximum absolute atomic E-state index is 15.5. The number of anilines is 4. The number of rotatable bonds is 11. The summed E-state index contributed by atoms with van der Waals surface area (Å²) in [6, 6.07) is 12.5. The Kier molecular flexibility index (Phi) is 13.0. The second kappa shape index (κ2) is 19.7. The van der Waals surface area contributed by atoms with Gasteiger partial charge in [0.25, 0.3) is 17.7 Å². The number of imide groups is 2. The van der Waals surface area contributed by atoms with E-state index in [0.717, 1.165) is 74.0 Å². The Bertz CT molecular complexity index is 3030. The van der Waals surface area contributed by atoms with Gasteiger partial charge in [0.1, 0.15) is 29.6 Å². The van der Waals surface area contributed by atoms with Crippen LogP contribution in [0.3, 0.4) is 0 Å². The Morgan fingerprint density at radius 2 is 1.50 bits per heavy atom. The number of amides is 6. The zero-order chi connectivity index (χ0) is 51.4. The number of imidazole rings is 1. The molecular weight excluding hydrogens is 967 g/mol. The van der Waals surface area contributed by atoms with Gasteiger partial charge in [-0.25, -0.2) is 24.3 Å². The molecule has 74 heavy (non-hydrogen) atoms. The molecule has 6 amide bonds. The van der Waals surface area contributed by atoms with Crippen molar-refractivity contribution in [3.8, 4) is 0 Å². The van der Waals surface area contributed by atoms with E-state index < -0.39 is 53.3 Å². The van der Waals surface area contributed by atoms with Crippen LogP contribution in [0.5, 0.6) is 0 Å². The van der Waals surface area contributed by atoms with Crippen LogP contribution in [-0.2, 0) is 20.6 Å². The average molecular weight is 1020 g/mol. The molecule has 4 saturated heterocycles. The third kappa shape index (κ3) is 9.59. The maximum atomic E-state index is 15.5. The fourth-order valence-corrected chi connectivity index (χ4v) is 11.3. The number of pyridine rings is 1. The number of benzene rings is 2. The molecule has 3 aromatic heterocycles. The first-order chi connectivity index (χ1) is 35.6. The maximum Gasteiger partial charge on any atom is 0.433 e. The lowest BCUT2D eigenvalue weighted by Gasteiger charge is -2.41. The molecule has 1 saturated carbocycles. The molecule has 11 rings (SSSR count). The number of alkyl halides is 3. The average Bonchev–Trinajstić information content (AvgIpc) is 3.92. The Morgan fingerprint density at radius 1 is 0.784 bits per heavy atom. The van der Waals surface area contributed by atoms with Crippen molar-refractivity contribution in [1.82, 2.24) is 49.8 Å². The number of carbonyl (C=O) groups excluding carboxylic acids is 6. The summed E-state index contributed by atoms with van der Waals surface area (Å²) in [5, 5.41) is 8.32. The van der Waals surface area contributed by atoms with E-state index in [1.807, 2.05) is 21.6 Å². The lowest BCUT2D eigenvalue weighted by atomic mass is 9.86. The van der Waals surface area contributed by atoms with Crippen LogP contribution in [0.15, 0.2) is 67.3 Å². The van der Waals surface area contributed by atoms with Crippen molar-refractivity contribution in [3.05, 3.63) is 95.6 Å². The molecule has 3 N–H and O–H groups in total. The van der Waals surface area contributed by atoms with Gasteiger partial charge in [0.2, 0.25) is 17.7 Å². The highest BCUT2D eigenvalue weighted by molar-refractivity contribution is 6.23. The summed E-state index contributed by atoms with van der Waals surface area (Å²) in [6.07, 6.45) is 2.52. The normalized spacial score (nSPS) is 22.2. The predicted octanol–water partition coefficient (Wildman–Crippen LogP) is 4.93. The fraction of sp³-hybridized carbons (Fsp3) is 0.451. The van der Waals surface area contributed by atoms with E-state index in [2.05, 4.69) is 57.8 Å². The van der Waals surface area contributed by atoms with E-state index in [1.54, 1.807) is 11.2 Å². The molecule has 5 fully saturated rings. The lowest BCUT2D eigenvalue weighted by Crippen LogP contribution is -2.54. The van der Waals surface area contributed by atoms with Crippen LogP contribution in [0.2, 0.25) is 0 Å². The van der Waals surface area contributed by atoms with Crippen LogP contribution in [-0.4, -0.2) is 146 Å². The molecule has 5 aromatic rings. The molecule has 19 nitrogen and oxygen atoms in total. The third-order valence-corrected chi connectivity index (χ3v) is 15.5. The fourth-order valence-electron chi connectivity index (χ4n) is 11.3. The third-order valence-electron chi connectivity index (χ3n) is 15.5. The quantitative estimate of drug-likeness (QED) is 0.118. The second-order valence-corrected chi connectivity index (χ2v) is 20.0. The molecule has 1 atom stereocenters. The van der Waals surface area contributed by atoms with E-state index in [9.17, 15) is 41.9 Å². The van der Waals surface area contributed by atoms with Crippen molar-refractivity contribution in [3.63, 3.8) is 0 Å². The number of halogens is 4. The number of aromatic nitrogens is 5. The summed E-state index contributed by atoms with van der Waals surface area (Å²) in [7, 11) is 0. The Balaban J connectivity index is 0.605. The van der Waals surface area contributed by atoms with E-state index in [0.29, 0.717) is 74.8 Å². The summed E-state index contributed by atoms with van der Waals surface area (Å²) in [4.78, 5) is 104. The predicted molar refractivity (Wildman–Crippen MR) is 260 cm³/mol. The molecule has 6 aliphatic rings. The SMILES string of the molecule is O=C1CC[C@H](N2C(=O)c3cc(F)c(N4CCC(C(=O)N5CCC(CN6CCN(c7ccc(Nc8ncnc9c8ncn9C8CC(NC(=O)c9cccc(C(F)(F)F)n9)C8)cc7)CC6)CC5)CC4)cc3C2=O)C(=O)N1. The van der Waals surface area contributed by atoms with Gasteiger partial charge < -0.3 is 29.9 Å². The molecule has 0 unspecified atom stereocenters. The largest absolute Gasteiger partial charge is 0.433 e. The van der Waals surface area contributed by atoms with Crippen LogP contribution in [0.1, 0.15) is 94.3 Å². The van der Waals surface area contributed by atoms with Crippen LogP contribution in [0, 0.1) is 17.7 Å². The highest BCUT2D eigenvalue weighted by atomic mass is 19.4. The number of nitrogens with one attached hydrogen (secondary N) is 3. The lowest BCUT2D eigenvalue weighted by molar-refractivity contribution is -0.141. The van der Waals surface area contributed by atoms with Gasteiger partial charge in [-0.2, -0.15) is 13.2 Å². The number of nitrogens with zero attached hydrogens (tertiary/aromatic N) is 10. The van der Waals surface area contributed by atoms with E-state index in [-0.39, 0.29) is 59.3 Å². The summed E-state index contributed by atoms with van der Waals surface area (Å²) in [5.41, 5.74) is 1.84. The summed E-state index contributed by atoms with van der Waals surface area (Å²) in [5.74, 6) is -3.00. The number of fused-ring (bicyclic) bond motifs is 2. The number of hydrogen-bond acceptors (Lipinski definition) is 14. The van der Waals surface area contributed by atoms with Gasteiger partial charge in [-0.3, -0.25) is 43.9 Å². The molecule has 0 bridgehead atoms. The summed E-state index contributed by atoms with van der Waals surface area (Å²) < 4.78 is 56.8. The van der Waals surface area contributed by atoms with Crippen molar-refractivity contribution in [2.24, 2.45) is 11.8 Å². The Hall–Kier alpha value is -7.56. The van der Waals surface area contributed by atoms with Crippen LogP contribution in [0.25, 0.3) is 11.2 Å². The van der Waals surface area contributed by atoms with E-state index in [1.165, 1.54) is 24.5 Å². The molecule has 8 heterocycles. The summed E-state index contributed by atoms with van der Waals surface area (Å²) in [6.45, 7) is 6.80. The van der Waals surface area contributed by atoms with Crippen molar-refractivity contribution >= 4 is 69.5 Å². The topological polar surface area (TPSA) is 211 Å². The van der Waals surface area contributed by atoms with Crippen molar-refractivity contribution in [2.45, 2.75) is 75.7 Å². The van der Waals surface area contributed by atoms with Gasteiger partial charge in [0.05, 0.1) is 23.1 Å². The second-order valence-electron chi connectivity index (χ2n) is 20.0. The van der Waals surface area contributed by atoms with Crippen LogP contribution in [0.4, 0.5) is 40.4 Å². The van der Waals surface area contributed by atoms with Gasteiger partial charge in [-0.15, -0.1) is 0 Å². The van der Waals surface area contributed by atoms with Crippen LogP contribution < -0.4 is 25.8 Å². The zero-order valence-corrected chi connectivity index (χ0v) is 40.2. The number of piperazine rings is 1. The van der Waals surface area contributed by atoms with Gasteiger partial charge in [-0.05, 0) is 99.4 Å². The first kappa shape index (κ1) is 48.7. The molecule has 5 aliphatic heterocycles. The zero-order valence-electron chi connectivity index (χ0n) is 40.2. The number of likely N-dealkylation sites (tertiary alicyclic amines) is 1. The number of hydrogen-bond donors (Lipinski definition) is 3. The van der Waals surface area contributed by atoms with Gasteiger partial charge >= 0.3 is 6.18 Å². The van der Waals surface area contributed by atoms with Gasteiger partial charge in [-0.1, -0.05) is 6.07 Å². The van der Waals surface area contributed by atoms with Gasteiger partial charge in [0.15, 0.2) is 17.0 Å². The molecule has 386 valence electrons. The Morgan fingerprint density at radius 3 is 2.20 bits per heavy atom. The van der Waals surface area contributed by atoms with Crippen molar-refractivity contribution in [1.29, 1.82) is 0 Å². The molecule has 1 aliphatic carbocycles. The van der Waals surface area contributed by atoms with E-state index in [4.69, 9.17) is 0 Å². The molecular formula is C51H53F4N13O6. The first-order valence-corrected chi connectivity index (χ1v) is 25.1. The minimum Gasteiger partial charge on any atom is -0.369 e. The minimum absolute atomic E-state index is 0.0103. The Labute approximate surface area is 421 Å². The van der Waals surface area contributed by atoms with Gasteiger partial charge in [0, 0.05) is 94.7 Å². The smallest absolute Gasteiger partial charge is 0.369 e. The highest BCUT2D eigenvalue weighted by Crippen LogP contribution is 2.38. The number of piperidine rings is 3. The number of carbonyl (C=O) groups is 6. The monoisotopic (exact) mass is 1020 g/mol. The van der Waals surface area contributed by atoms with E-state index >= 15 is 4.39 Å². The van der Waals surface area contributed by atoms with Crippen molar-refractivity contribution in [2.75, 3.05) is 74.0 Å². The molecule has 0 radical (unpaired) electrons. The van der Waals surface area contributed by atoms with Crippen LogP contribution >= 0.6 is 0 Å². The molecule has 0 spiro atoms. The summed E-state index contributed by atoms with van der Waals surface area (Å²) >= 11 is 0. The molecule has 2 aromatic carbocycles. The minimum atomic E-state index is -4.64. The van der Waals surface area contributed by atoms with Crippen molar-refractivity contribution < 1.29 is 46.3 Å². The first-order valence-electron chi connectivity index (χ1n) is 25.1. The standard InChI is InChI=1S/C51H53F4N13O6/c52-37-24-35-36(50(74)68(49(35)73)39-8-9-42(69)62-47(39)71)25-40(37)65-16-12-30(13-17-65)48(72)66-14-10-29(11-15-66)26-63-18-20-64(21-19-63)33-6-4-31(5-7-33)59-44-43-45(57-27-56-44)67(28-58-43)34-22-32(23-34)60-46(70)38-2-1-3-41(61-38)51(53,54)55/h1-7,24-25,27-30,32,34,39H,8-23,26H2,(H,60,70)(H,56,57,59)(H,62,69,71)/t32?,34?,39-/m0/s1. The highest BCUT2D eigenvalue weighted by Gasteiger charge is 2.46.